The summed E-state index contributed by atoms with van der Waals surface area (Å²) in [7, 11) is 0. The number of nitrogens with one attached hydrogen (secondary N) is 1. The van der Waals surface area contributed by atoms with Crippen LogP contribution in [0.2, 0.25) is 0 Å². The molecule has 0 heterocycles. The van der Waals surface area contributed by atoms with Gasteiger partial charge in [-0.25, -0.2) is 0 Å². The van der Waals surface area contributed by atoms with Crippen molar-refractivity contribution in [3.63, 3.8) is 0 Å². The van der Waals surface area contributed by atoms with Gasteiger partial charge in [-0.2, -0.15) is 0 Å². The molecule has 0 spiro atoms. The number of rotatable bonds is 5. The Morgan fingerprint density at radius 2 is 1.86 bits per heavy atom. The van der Waals surface area contributed by atoms with Crippen LogP contribution in [0.4, 0.5) is 5.69 Å². The van der Waals surface area contributed by atoms with Gasteiger partial charge in [0.1, 0.15) is 5.75 Å². The number of carbonyl (C=O) groups is 2. The minimum atomic E-state index is -0.763. The van der Waals surface area contributed by atoms with E-state index >= 15 is 0 Å². The number of hydrogen-bond donors (Lipinski definition) is 2. The molecule has 0 saturated carbocycles. The lowest BCUT2D eigenvalue weighted by Crippen LogP contribution is -2.30. The van der Waals surface area contributed by atoms with Crippen molar-refractivity contribution in [2.45, 2.75) is 20.0 Å². The monoisotopic (exact) mass is 298 g/mol. The van der Waals surface area contributed by atoms with E-state index in [1.165, 1.54) is 0 Å². The summed E-state index contributed by atoms with van der Waals surface area (Å²) in [5.74, 6) is -0.603. The lowest BCUT2D eigenvalue weighted by Gasteiger charge is -2.16. The van der Waals surface area contributed by atoms with Gasteiger partial charge in [0.25, 0.3) is 11.8 Å². The SMILES string of the molecule is Cc1cccc(NC(=O)[C@@H](C)Oc2ccccc2C(N)=O)c1. The molecule has 0 saturated heterocycles. The first kappa shape index (κ1) is 15.6. The minimum Gasteiger partial charge on any atom is -0.480 e. The Balaban J connectivity index is 2.07. The molecule has 22 heavy (non-hydrogen) atoms. The molecule has 0 radical (unpaired) electrons. The van der Waals surface area contributed by atoms with E-state index in [-0.39, 0.29) is 11.5 Å². The third-order valence-electron chi connectivity index (χ3n) is 3.11. The second-order valence-electron chi connectivity index (χ2n) is 4.98. The highest BCUT2D eigenvalue weighted by Gasteiger charge is 2.18. The van der Waals surface area contributed by atoms with E-state index < -0.39 is 12.0 Å². The quantitative estimate of drug-likeness (QED) is 0.889. The summed E-state index contributed by atoms with van der Waals surface area (Å²) in [6.45, 7) is 3.56. The Labute approximate surface area is 129 Å². The molecule has 2 rings (SSSR count). The van der Waals surface area contributed by atoms with Crippen molar-refractivity contribution >= 4 is 17.5 Å². The van der Waals surface area contributed by atoms with E-state index in [2.05, 4.69) is 5.32 Å². The molecular weight excluding hydrogens is 280 g/mol. The molecule has 0 fully saturated rings. The van der Waals surface area contributed by atoms with E-state index in [0.717, 1.165) is 5.56 Å². The highest BCUT2D eigenvalue weighted by molar-refractivity contribution is 5.96. The molecule has 0 aliphatic heterocycles. The summed E-state index contributed by atoms with van der Waals surface area (Å²) < 4.78 is 5.56. The van der Waals surface area contributed by atoms with Crippen LogP contribution in [0.3, 0.4) is 0 Å². The van der Waals surface area contributed by atoms with Crippen molar-refractivity contribution in [3.05, 3.63) is 59.7 Å². The fourth-order valence-corrected chi connectivity index (χ4v) is 1.98. The number of amides is 2. The van der Waals surface area contributed by atoms with Crippen LogP contribution in [0, 0.1) is 6.92 Å². The molecule has 0 bridgehead atoms. The number of aryl methyl sites for hydroxylation is 1. The van der Waals surface area contributed by atoms with Crippen molar-refractivity contribution < 1.29 is 14.3 Å². The summed E-state index contributed by atoms with van der Waals surface area (Å²) in [6, 6.07) is 14.0. The van der Waals surface area contributed by atoms with Crippen LogP contribution in [-0.4, -0.2) is 17.9 Å². The molecule has 1 atom stereocenters. The topological polar surface area (TPSA) is 81.4 Å². The Hall–Kier alpha value is -2.82. The van der Waals surface area contributed by atoms with Gasteiger partial charge in [0.2, 0.25) is 0 Å². The molecule has 3 N–H and O–H groups in total. The molecule has 0 unspecified atom stereocenters. The van der Waals surface area contributed by atoms with Gasteiger partial charge in [0.15, 0.2) is 6.10 Å². The van der Waals surface area contributed by atoms with Gasteiger partial charge in [0, 0.05) is 5.69 Å². The molecule has 5 nitrogen and oxygen atoms in total. The minimum absolute atomic E-state index is 0.248. The van der Waals surface area contributed by atoms with Crippen molar-refractivity contribution in [2.24, 2.45) is 5.73 Å². The number of para-hydroxylation sites is 1. The zero-order valence-corrected chi connectivity index (χ0v) is 12.5. The van der Waals surface area contributed by atoms with Crippen LogP contribution in [0.15, 0.2) is 48.5 Å². The van der Waals surface area contributed by atoms with Gasteiger partial charge in [-0.1, -0.05) is 24.3 Å². The molecule has 5 heteroatoms. The van der Waals surface area contributed by atoms with Crippen molar-refractivity contribution in [2.75, 3.05) is 5.32 Å². The van der Waals surface area contributed by atoms with Crippen molar-refractivity contribution in [3.8, 4) is 5.75 Å². The number of benzene rings is 2. The summed E-state index contributed by atoms with van der Waals surface area (Å²) in [4.78, 5) is 23.5. The Morgan fingerprint density at radius 1 is 1.14 bits per heavy atom. The maximum absolute atomic E-state index is 12.2. The number of anilines is 1. The summed E-state index contributed by atoms with van der Waals surface area (Å²) in [5, 5.41) is 2.77. The van der Waals surface area contributed by atoms with Crippen molar-refractivity contribution in [1.29, 1.82) is 0 Å². The highest BCUT2D eigenvalue weighted by atomic mass is 16.5. The molecule has 114 valence electrons. The third kappa shape index (κ3) is 3.85. The second kappa shape index (κ2) is 6.76. The molecule has 2 aromatic rings. The highest BCUT2D eigenvalue weighted by Crippen LogP contribution is 2.19. The zero-order chi connectivity index (χ0) is 16.1. The zero-order valence-electron chi connectivity index (χ0n) is 12.5. The van der Waals surface area contributed by atoms with Gasteiger partial charge in [-0.3, -0.25) is 9.59 Å². The molecule has 0 aliphatic carbocycles. The number of nitrogens with two attached hydrogens (primary N) is 1. The summed E-state index contributed by atoms with van der Waals surface area (Å²) >= 11 is 0. The Morgan fingerprint density at radius 3 is 2.55 bits per heavy atom. The van der Waals surface area contributed by atoms with Gasteiger partial charge in [-0.05, 0) is 43.7 Å². The largest absolute Gasteiger partial charge is 0.480 e. The average molecular weight is 298 g/mol. The number of hydrogen-bond acceptors (Lipinski definition) is 3. The van der Waals surface area contributed by atoms with E-state index in [0.29, 0.717) is 11.4 Å². The number of carbonyl (C=O) groups excluding carboxylic acids is 2. The predicted octanol–water partition coefficient (Wildman–Crippen LogP) is 2.50. The Kier molecular flexibility index (Phi) is 4.78. The lowest BCUT2D eigenvalue weighted by molar-refractivity contribution is -0.122. The summed E-state index contributed by atoms with van der Waals surface area (Å²) in [5.41, 5.74) is 7.28. The normalized spacial score (nSPS) is 11.5. The maximum Gasteiger partial charge on any atom is 0.265 e. The lowest BCUT2D eigenvalue weighted by atomic mass is 10.2. The van der Waals surface area contributed by atoms with Gasteiger partial charge in [-0.15, -0.1) is 0 Å². The van der Waals surface area contributed by atoms with Crippen LogP contribution >= 0.6 is 0 Å². The van der Waals surface area contributed by atoms with E-state index in [1.807, 2.05) is 25.1 Å². The first-order valence-electron chi connectivity index (χ1n) is 6.90. The van der Waals surface area contributed by atoms with Gasteiger partial charge >= 0.3 is 0 Å². The number of primary amides is 1. The average Bonchev–Trinajstić information content (AvgIpc) is 2.47. The fourth-order valence-electron chi connectivity index (χ4n) is 1.98. The summed E-state index contributed by atoms with van der Waals surface area (Å²) in [6.07, 6.45) is -0.763. The van der Waals surface area contributed by atoms with E-state index in [9.17, 15) is 9.59 Å². The molecule has 0 aliphatic rings. The van der Waals surface area contributed by atoms with Crippen LogP contribution in [0.1, 0.15) is 22.8 Å². The van der Waals surface area contributed by atoms with Gasteiger partial charge < -0.3 is 15.8 Å². The fraction of sp³-hybridized carbons (Fsp3) is 0.176. The molecular formula is C17H18N2O3. The van der Waals surface area contributed by atoms with Crippen molar-refractivity contribution in [1.82, 2.24) is 0 Å². The number of ether oxygens (including phenoxy) is 1. The van der Waals surface area contributed by atoms with Crippen LogP contribution < -0.4 is 15.8 Å². The molecule has 0 aromatic heterocycles. The molecule has 2 aromatic carbocycles. The molecule has 2 amide bonds. The predicted molar refractivity (Wildman–Crippen MR) is 84.9 cm³/mol. The second-order valence-corrected chi connectivity index (χ2v) is 4.98. The third-order valence-corrected chi connectivity index (χ3v) is 3.11. The van der Waals surface area contributed by atoms with E-state index in [4.69, 9.17) is 10.5 Å². The standard InChI is InChI=1S/C17H18N2O3/c1-11-6-5-7-13(10-11)19-17(21)12(2)22-15-9-4-3-8-14(15)16(18)20/h3-10,12H,1-2H3,(H2,18,20)(H,19,21)/t12-/m1/s1. The van der Waals surface area contributed by atoms with Gasteiger partial charge in [0.05, 0.1) is 5.56 Å². The first-order valence-corrected chi connectivity index (χ1v) is 6.90. The van der Waals surface area contributed by atoms with E-state index in [1.54, 1.807) is 37.3 Å². The van der Waals surface area contributed by atoms with Crippen LogP contribution in [0.25, 0.3) is 0 Å². The van der Waals surface area contributed by atoms with Crippen LogP contribution in [-0.2, 0) is 4.79 Å². The first-order chi connectivity index (χ1) is 10.5. The maximum atomic E-state index is 12.2. The smallest absolute Gasteiger partial charge is 0.265 e. The Bertz CT molecular complexity index is 698. The van der Waals surface area contributed by atoms with Crippen LogP contribution in [0.5, 0.6) is 5.75 Å².